The number of primary amides is 1. The summed E-state index contributed by atoms with van der Waals surface area (Å²) in [4.78, 5) is 10.9. The van der Waals surface area contributed by atoms with Gasteiger partial charge in [-0.1, -0.05) is 25.4 Å². The molecule has 4 nitrogen and oxygen atoms in total. The molecule has 0 aromatic heterocycles. The van der Waals surface area contributed by atoms with Gasteiger partial charge in [-0.2, -0.15) is 0 Å². The molecule has 1 rings (SSSR count). The number of carbonyl (C=O) groups excluding carboxylic acids is 1. The molecule has 0 unspecified atom stereocenters. The first-order valence-electron chi connectivity index (χ1n) is 5.96. The average Bonchev–Trinajstić information content (AvgIpc) is 2.29. The van der Waals surface area contributed by atoms with Crippen LogP contribution < -0.4 is 15.8 Å². The monoisotopic (exact) mass is 270 g/mol. The van der Waals surface area contributed by atoms with Gasteiger partial charge in [-0.15, -0.1) is 0 Å². The molecule has 0 heterocycles. The van der Waals surface area contributed by atoms with Crippen LogP contribution in [0.15, 0.2) is 18.2 Å². The number of benzene rings is 1. The fourth-order valence-electron chi connectivity index (χ4n) is 1.42. The van der Waals surface area contributed by atoms with Gasteiger partial charge in [0.05, 0.1) is 11.6 Å². The van der Waals surface area contributed by atoms with Crippen molar-refractivity contribution in [2.45, 2.75) is 26.3 Å². The zero-order valence-corrected chi connectivity index (χ0v) is 11.5. The smallest absolute Gasteiger partial charge is 0.248 e. The molecule has 0 saturated carbocycles. The van der Waals surface area contributed by atoms with E-state index in [9.17, 15) is 4.79 Å². The summed E-state index contributed by atoms with van der Waals surface area (Å²) in [5, 5.41) is 3.70. The number of rotatable bonds is 7. The second kappa shape index (κ2) is 7.24. The van der Waals surface area contributed by atoms with E-state index in [1.807, 2.05) is 0 Å². The molecular weight excluding hydrogens is 252 g/mol. The molecule has 1 amide bonds. The molecule has 18 heavy (non-hydrogen) atoms. The molecule has 0 fully saturated rings. The maximum Gasteiger partial charge on any atom is 0.248 e. The molecule has 1 aromatic rings. The van der Waals surface area contributed by atoms with Crippen LogP contribution in [0.2, 0.25) is 5.02 Å². The fraction of sp³-hybridized carbons (Fsp3) is 0.462. The number of amides is 1. The lowest BCUT2D eigenvalue weighted by Gasteiger charge is -2.10. The van der Waals surface area contributed by atoms with Gasteiger partial charge in [-0.3, -0.25) is 4.79 Å². The predicted octanol–water partition coefficient (Wildman–Crippen LogP) is 2.21. The Bertz CT molecular complexity index is 408. The summed E-state index contributed by atoms with van der Waals surface area (Å²) in [5.74, 6) is 0.0794. The summed E-state index contributed by atoms with van der Waals surface area (Å²) in [7, 11) is 0. The highest BCUT2D eigenvalue weighted by atomic mass is 35.5. The first-order valence-corrected chi connectivity index (χ1v) is 6.34. The van der Waals surface area contributed by atoms with Crippen molar-refractivity contribution >= 4 is 17.5 Å². The normalized spacial score (nSPS) is 10.7. The number of carbonyl (C=O) groups is 1. The maximum atomic E-state index is 10.9. The minimum absolute atomic E-state index is 0.383. The summed E-state index contributed by atoms with van der Waals surface area (Å²) < 4.78 is 5.53. The molecule has 1 aromatic carbocycles. The lowest BCUT2D eigenvalue weighted by Crippen LogP contribution is -2.24. The van der Waals surface area contributed by atoms with E-state index in [0.717, 1.165) is 13.0 Å². The molecular formula is C13H19ClN2O2. The summed E-state index contributed by atoms with van der Waals surface area (Å²) >= 11 is 5.99. The van der Waals surface area contributed by atoms with Gasteiger partial charge in [0.1, 0.15) is 5.75 Å². The van der Waals surface area contributed by atoms with E-state index in [4.69, 9.17) is 22.1 Å². The molecule has 3 N–H and O–H groups in total. The van der Waals surface area contributed by atoms with Gasteiger partial charge >= 0.3 is 0 Å². The predicted molar refractivity (Wildman–Crippen MR) is 73.2 cm³/mol. The second-order valence-electron chi connectivity index (χ2n) is 4.32. The molecule has 0 bridgehead atoms. The highest BCUT2D eigenvalue weighted by Gasteiger charge is 2.06. The van der Waals surface area contributed by atoms with E-state index >= 15 is 0 Å². The van der Waals surface area contributed by atoms with Crippen LogP contribution in [0.3, 0.4) is 0 Å². The third-order valence-corrected chi connectivity index (χ3v) is 2.64. The third kappa shape index (κ3) is 4.94. The lowest BCUT2D eigenvalue weighted by atomic mass is 10.2. The van der Waals surface area contributed by atoms with E-state index in [2.05, 4.69) is 19.2 Å². The van der Waals surface area contributed by atoms with Gasteiger partial charge in [-0.25, -0.2) is 0 Å². The highest BCUT2D eigenvalue weighted by Crippen LogP contribution is 2.25. The number of halogens is 1. The van der Waals surface area contributed by atoms with Gasteiger partial charge in [0.15, 0.2) is 0 Å². The summed E-state index contributed by atoms with van der Waals surface area (Å²) in [5.41, 5.74) is 5.54. The van der Waals surface area contributed by atoms with Gasteiger partial charge in [0, 0.05) is 11.6 Å². The molecule has 0 saturated heterocycles. The number of nitrogens with one attached hydrogen (secondary N) is 1. The number of hydrogen-bond donors (Lipinski definition) is 2. The quantitative estimate of drug-likeness (QED) is 0.747. The van der Waals surface area contributed by atoms with Crippen molar-refractivity contribution in [1.29, 1.82) is 0 Å². The highest BCUT2D eigenvalue weighted by molar-refractivity contribution is 6.32. The van der Waals surface area contributed by atoms with Gasteiger partial charge in [-0.05, 0) is 31.2 Å². The Morgan fingerprint density at radius 1 is 1.50 bits per heavy atom. The molecule has 0 spiro atoms. The van der Waals surface area contributed by atoms with Crippen LogP contribution in [-0.4, -0.2) is 25.1 Å². The minimum atomic E-state index is -0.496. The first-order chi connectivity index (χ1) is 8.50. The Kier molecular flexibility index (Phi) is 5.95. The summed E-state index contributed by atoms with van der Waals surface area (Å²) in [6, 6.07) is 5.27. The van der Waals surface area contributed by atoms with Crippen molar-refractivity contribution in [3.63, 3.8) is 0 Å². The first kappa shape index (κ1) is 14.8. The summed E-state index contributed by atoms with van der Waals surface area (Å²) in [6.45, 7) is 5.67. The SMILES string of the molecule is CC(C)NCCCOc1ccc(C(N)=O)cc1Cl. The molecule has 0 aliphatic rings. The van der Waals surface area contributed by atoms with E-state index in [0.29, 0.717) is 29.0 Å². The zero-order chi connectivity index (χ0) is 13.5. The number of hydrogen-bond acceptors (Lipinski definition) is 3. The van der Waals surface area contributed by atoms with Crippen molar-refractivity contribution in [3.8, 4) is 5.75 Å². The Morgan fingerprint density at radius 3 is 2.78 bits per heavy atom. The van der Waals surface area contributed by atoms with Crippen LogP contribution in [0.4, 0.5) is 0 Å². The largest absolute Gasteiger partial charge is 0.492 e. The second-order valence-corrected chi connectivity index (χ2v) is 4.73. The van der Waals surface area contributed by atoms with E-state index in [1.165, 1.54) is 6.07 Å². The molecule has 5 heteroatoms. The zero-order valence-electron chi connectivity index (χ0n) is 10.7. The van der Waals surface area contributed by atoms with Gasteiger partial charge in [0.25, 0.3) is 0 Å². The van der Waals surface area contributed by atoms with E-state index in [1.54, 1.807) is 12.1 Å². The molecule has 0 atom stereocenters. The van der Waals surface area contributed by atoms with Crippen LogP contribution in [-0.2, 0) is 0 Å². The Balaban J connectivity index is 2.41. The maximum absolute atomic E-state index is 10.9. The van der Waals surface area contributed by atoms with Gasteiger partial charge < -0.3 is 15.8 Å². The van der Waals surface area contributed by atoms with Crippen LogP contribution in [0, 0.1) is 0 Å². The topological polar surface area (TPSA) is 64.3 Å². The van der Waals surface area contributed by atoms with Crippen LogP contribution in [0.1, 0.15) is 30.6 Å². The number of nitrogens with two attached hydrogens (primary N) is 1. The summed E-state index contributed by atoms with van der Waals surface area (Å²) in [6.07, 6.45) is 0.895. The minimum Gasteiger partial charge on any atom is -0.492 e. The van der Waals surface area contributed by atoms with Crippen molar-refractivity contribution in [3.05, 3.63) is 28.8 Å². The molecule has 100 valence electrons. The van der Waals surface area contributed by atoms with E-state index in [-0.39, 0.29) is 0 Å². The van der Waals surface area contributed by atoms with Crippen molar-refractivity contribution in [2.75, 3.05) is 13.2 Å². The lowest BCUT2D eigenvalue weighted by molar-refractivity contribution is 0.100. The van der Waals surface area contributed by atoms with Crippen molar-refractivity contribution in [2.24, 2.45) is 5.73 Å². The van der Waals surface area contributed by atoms with Crippen molar-refractivity contribution < 1.29 is 9.53 Å². The van der Waals surface area contributed by atoms with E-state index < -0.39 is 5.91 Å². The molecule has 0 aliphatic heterocycles. The standard InChI is InChI=1S/C13H19ClN2O2/c1-9(2)16-6-3-7-18-12-5-4-10(13(15)17)8-11(12)14/h4-5,8-9,16H,3,6-7H2,1-2H3,(H2,15,17). The Hall–Kier alpha value is -1.26. The Labute approximate surface area is 112 Å². The van der Waals surface area contributed by atoms with Crippen LogP contribution in [0.5, 0.6) is 5.75 Å². The van der Waals surface area contributed by atoms with Crippen LogP contribution in [0.25, 0.3) is 0 Å². The third-order valence-electron chi connectivity index (χ3n) is 2.35. The molecule has 0 radical (unpaired) electrons. The number of ether oxygens (including phenoxy) is 1. The molecule has 0 aliphatic carbocycles. The van der Waals surface area contributed by atoms with Crippen molar-refractivity contribution in [1.82, 2.24) is 5.32 Å². The van der Waals surface area contributed by atoms with Gasteiger partial charge in [0.2, 0.25) is 5.91 Å². The fourth-order valence-corrected chi connectivity index (χ4v) is 1.65. The average molecular weight is 271 g/mol. The van der Waals surface area contributed by atoms with Crippen LogP contribution >= 0.6 is 11.6 Å². The Morgan fingerprint density at radius 2 is 2.22 bits per heavy atom.